The molecule has 0 spiro atoms. The molecule has 1 atom stereocenters. The maximum Gasteiger partial charge on any atom is 0.191 e. The van der Waals surface area contributed by atoms with Crippen molar-refractivity contribution in [1.29, 1.82) is 0 Å². The van der Waals surface area contributed by atoms with Crippen LogP contribution in [-0.2, 0) is 10.2 Å². The van der Waals surface area contributed by atoms with Gasteiger partial charge in [0, 0.05) is 26.2 Å². The molecule has 3 N–H and O–H groups in total. The molecule has 0 bridgehead atoms. The molecule has 0 saturated carbocycles. The van der Waals surface area contributed by atoms with Gasteiger partial charge in [0.1, 0.15) is 0 Å². The molecular weight excluding hydrogens is 491 g/mol. The van der Waals surface area contributed by atoms with Gasteiger partial charge in [0.05, 0.1) is 25.9 Å². The van der Waals surface area contributed by atoms with E-state index in [4.69, 9.17) is 4.74 Å². The van der Waals surface area contributed by atoms with Gasteiger partial charge in [-0.3, -0.25) is 9.89 Å². The first-order valence-corrected chi connectivity index (χ1v) is 11.0. The first-order chi connectivity index (χ1) is 13.9. The lowest BCUT2D eigenvalue weighted by molar-refractivity contribution is 0.0372. The van der Waals surface area contributed by atoms with Crippen LogP contribution in [0.5, 0.6) is 0 Å². The molecular formula is C23H41IN4O2. The molecule has 7 heteroatoms. The number of aliphatic imine (C=N–C) groups is 1. The number of hydrogen-bond acceptors (Lipinski definition) is 4. The topological polar surface area (TPSA) is 69.1 Å². The lowest BCUT2D eigenvalue weighted by atomic mass is 9.86. The number of aliphatic hydroxyl groups excluding tert-OH is 1. The third-order valence-electron chi connectivity index (χ3n) is 5.23. The molecule has 1 unspecified atom stereocenters. The molecule has 1 aromatic rings. The average molecular weight is 533 g/mol. The SMILES string of the molecule is CCNC(=NCC(O)c1ccc(C(C)(C)C)cc1)NCCCCN1CCOCC1.I. The minimum absolute atomic E-state index is 0. The lowest BCUT2D eigenvalue weighted by Gasteiger charge is -2.26. The summed E-state index contributed by atoms with van der Waals surface area (Å²) in [4.78, 5) is 7.03. The van der Waals surface area contributed by atoms with Gasteiger partial charge in [-0.1, -0.05) is 45.0 Å². The Labute approximate surface area is 199 Å². The highest BCUT2D eigenvalue weighted by atomic mass is 127. The van der Waals surface area contributed by atoms with Crippen molar-refractivity contribution in [2.45, 2.75) is 52.1 Å². The second-order valence-corrected chi connectivity index (χ2v) is 8.70. The number of nitrogens with zero attached hydrogens (tertiary/aromatic N) is 2. The Morgan fingerprint density at radius 1 is 1.13 bits per heavy atom. The third kappa shape index (κ3) is 9.94. The zero-order chi connectivity index (χ0) is 21.1. The summed E-state index contributed by atoms with van der Waals surface area (Å²) in [6.07, 6.45) is 1.66. The molecule has 1 fully saturated rings. The molecule has 0 amide bonds. The molecule has 1 saturated heterocycles. The van der Waals surface area contributed by atoms with E-state index in [1.807, 2.05) is 12.1 Å². The second-order valence-electron chi connectivity index (χ2n) is 8.70. The van der Waals surface area contributed by atoms with Crippen LogP contribution in [0.4, 0.5) is 0 Å². The number of halogens is 1. The second kappa shape index (κ2) is 14.2. The van der Waals surface area contributed by atoms with Gasteiger partial charge < -0.3 is 20.5 Å². The van der Waals surface area contributed by atoms with E-state index in [0.29, 0.717) is 6.54 Å². The summed E-state index contributed by atoms with van der Waals surface area (Å²) in [7, 11) is 0. The molecule has 30 heavy (non-hydrogen) atoms. The van der Waals surface area contributed by atoms with Crippen LogP contribution in [0.3, 0.4) is 0 Å². The summed E-state index contributed by atoms with van der Waals surface area (Å²) >= 11 is 0. The Kier molecular flexibility index (Phi) is 12.9. The fourth-order valence-corrected chi connectivity index (χ4v) is 3.32. The Balaban J connectivity index is 0.00000450. The highest BCUT2D eigenvalue weighted by Crippen LogP contribution is 2.24. The minimum atomic E-state index is -0.596. The van der Waals surface area contributed by atoms with Crippen molar-refractivity contribution in [3.05, 3.63) is 35.4 Å². The standard InChI is InChI=1S/C23H40N4O2.HI/c1-5-24-22(25-12-6-7-13-27-14-16-29-17-15-27)26-18-21(28)19-8-10-20(11-9-19)23(2,3)4;/h8-11,21,28H,5-7,12-18H2,1-4H3,(H2,24,25,26);1H. The zero-order valence-electron chi connectivity index (χ0n) is 19.1. The van der Waals surface area contributed by atoms with Gasteiger partial charge in [0.2, 0.25) is 0 Å². The smallest absolute Gasteiger partial charge is 0.191 e. The van der Waals surface area contributed by atoms with E-state index < -0.39 is 6.10 Å². The minimum Gasteiger partial charge on any atom is -0.386 e. The summed E-state index contributed by atoms with van der Waals surface area (Å²) in [5.74, 6) is 0.768. The van der Waals surface area contributed by atoms with Crippen LogP contribution in [0.25, 0.3) is 0 Å². The van der Waals surface area contributed by atoms with Gasteiger partial charge in [0.15, 0.2) is 5.96 Å². The van der Waals surface area contributed by atoms with Gasteiger partial charge in [-0.25, -0.2) is 0 Å². The molecule has 2 rings (SSSR count). The predicted octanol–water partition coefficient (Wildman–Crippen LogP) is 3.30. The number of morpholine rings is 1. The van der Waals surface area contributed by atoms with Crippen LogP contribution in [0.1, 0.15) is 57.8 Å². The van der Waals surface area contributed by atoms with E-state index in [0.717, 1.165) is 70.3 Å². The molecule has 1 aliphatic heterocycles. The van der Waals surface area contributed by atoms with Crippen molar-refractivity contribution in [2.75, 3.05) is 52.5 Å². The van der Waals surface area contributed by atoms with Crippen molar-refractivity contribution in [1.82, 2.24) is 15.5 Å². The number of nitrogens with one attached hydrogen (secondary N) is 2. The fraction of sp³-hybridized carbons (Fsp3) is 0.696. The third-order valence-corrected chi connectivity index (χ3v) is 5.23. The molecule has 1 heterocycles. The zero-order valence-corrected chi connectivity index (χ0v) is 21.4. The number of unbranched alkanes of at least 4 members (excludes halogenated alkanes) is 1. The first-order valence-electron chi connectivity index (χ1n) is 11.0. The Bertz CT molecular complexity index is 611. The molecule has 0 aromatic heterocycles. The average Bonchev–Trinajstić information content (AvgIpc) is 2.71. The molecule has 1 aliphatic rings. The molecule has 6 nitrogen and oxygen atoms in total. The first kappa shape index (κ1) is 27.1. The van der Waals surface area contributed by atoms with Crippen molar-refractivity contribution in [2.24, 2.45) is 4.99 Å². The van der Waals surface area contributed by atoms with E-state index in [1.165, 1.54) is 5.56 Å². The van der Waals surface area contributed by atoms with Gasteiger partial charge >= 0.3 is 0 Å². The number of rotatable bonds is 9. The number of ether oxygens (including phenoxy) is 1. The van der Waals surface area contributed by atoms with E-state index in [9.17, 15) is 5.11 Å². The monoisotopic (exact) mass is 532 g/mol. The fourth-order valence-electron chi connectivity index (χ4n) is 3.32. The number of aliphatic hydroxyl groups is 1. The van der Waals surface area contributed by atoms with Crippen molar-refractivity contribution < 1.29 is 9.84 Å². The van der Waals surface area contributed by atoms with E-state index in [2.05, 4.69) is 60.4 Å². The summed E-state index contributed by atoms with van der Waals surface area (Å²) in [5.41, 5.74) is 2.29. The van der Waals surface area contributed by atoms with Gasteiger partial charge in [0.25, 0.3) is 0 Å². The number of guanidine groups is 1. The summed E-state index contributed by atoms with van der Waals surface area (Å²) < 4.78 is 5.39. The molecule has 0 aliphatic carbocycles. The van der Waals surface area contributed by atoms with Crippen LogP contribution >= 0.6 is 24.0 Å². The molecule has 172 valence electrons. The van der Waals surface area contributed by atoms with Crippen LogP contribution in [0.15, 0.2) is 29.3 Å². The highest BCUT2D eigenvalue weighted by molar-refractivity contribution is 14.0. The Hall–Kier alpha value is -0.900. The number of hydrogen-bond donors (Lipinski definition) is 3. The van der Waals surface area contributed by atoms with Gasteiger partial charge in [-0.2, -0.15) is 0 Å². The van der Waals surface area contributed by atoms with Gasteiger partial charge in [-0.15, -0.1) is 24.0 Å². The highest BCUT2D eigenvalue weighted by Gasteiger charge is 2.14. The van der Waals surface area contributed by atoms with Crippen LogP contribution in [0, 0.1) is 0 Å². The van der Waals surface area contributed by atoms with Crippen molar-refractivity contribution in [3.8, 4) is 0 Å². The summed E-state index contributed by atoms with van der Waals surface area (Å²) in [5, 5.41) is 17.1. The molecule has 1 aromatic carbocycles. The van der Waals surface area contributed by atoms with E-state index >= 15 is 0 Å². The predicted molar refractivity (Wildman–Crippen MR) is 136 cm³/mol. The summed E-state index contributed by atoms with van der Waals surface area (Å²) in [6, 6.07) is 8.21. The largest absolute Gasteiger partial charge is 0.386 e. The van der Waals surface area contributed by atoms with Crippen molar-refractivity contribution in [3.63, 3.8) is 0 Å². The van der Waals surface area contributed by atoms with Crippen LogP contribution < -0.4 is 10.6 Å². The maximum atomic E-state index is 10.5. The van der Waals surface area contributed by atoms with Crippen LogP contribution in [0.2, 0.25) is 0 Å². The lowest BCUT2D eigenvalue weighted by Crippen LogP contribution is -2.39. The maximum absolute atomic E-state index is 10.5. The van der Waals surface area contributed by atoms with E-state index in [-0.39, 0.29) is 29.4 Å². The van der Waals surface area contributed by atoms with Crippen molar-refractivity contribution >= 4 is 29.9 Å². The normalized spacial score (nSPS) is 16.6. The summed E-state index contributed by atoms with van der Waals surface area (Å²) in [6.45, 7) is 15.6. The quantitative estimate of drug-likeness (QED) is 0.197. The Morgan fingerprint density at radius 3 is 2.40 bits per heavy atom. The van der Waals surface area contributed by atoms with E-state index in [1.54, 1.807) is 0 Å². The Morgan fingerprint density at radius 2 is 1.80 bits per heavy atom. The van der Waals surface area contributed by atoms with Gasteiger partial charge in [-0.05, 0) is 42.9 Å². The van der Waals surface area contributed by atoms with Crippen LogP contribution in [-0.4, -0.2) is 68.4 Å². The number of benzene rings is 1. The molecule has 0 radical (unpaired) electrons.